The predicted molar refractivity (Wildman–Crippen MR) is 75.3 cm³/mol. The van der Waals surface area contributed by atoms with Crippen molar-refractivity contribution in [1.29, 1.82) is 0 Å². The first-order valence-corrected chi connectivity index (χ1v) is 6.98. The van der Waals surface area contributed by atoms with Crippen LogP contribution in [0.4, 0.5) is 11.4 Å². The lowest BCUT2D eigenvalue weighted by atomic mass is 10.1. The van der Waals surface area contributed by atoms with E-state index in [1.165, 1.54) is 18.2 Å². The highest BCUT2D eigenvalue weighted by atomic mass is 32.2. The molecule has 0 bridgehead atoms. The van der Waals surface area contributed by atoms with E-state index in [2.05, 4.69) is 0 Å². The third kappa shape index (κ3) is 2.98. The van der Waals surface area contributed by atoms with Crippen LogP contribution in [-0.4, -0.2) is 39.8 Å². The number of amides is 1. The van der Waals surface area contributed by atoms with Gasteiger partial charge in [0.05, 0.1) is 4.92 Å². The number of thioether (sulfide) groups is 1. The molecule has 1 heterocycles. The summed E-state index contributed by atoms with van der Waals surface area (Å²) in [6.45, 7) is 3.26. The topological polar surface area (TPSA) is 89.5 Å². The number of anilines is 1. The van der Waals surface area contributed by atoms with Crippen LogP contribution in [0.2, 0.25) is 0 Å². The van der Waals surface area contributed by atoms with Crippen LogP contribution in [0, 0.1) is 10.1 Å². The van der Waals surface area contributed by atoms with Crippen molar-refractivity contribution in [3.8, 4) is 0 Å². The lowest BCUT2D eigenvalue weighted by molar-refractivity contribution is -0.385. The second-order valence-corrected chi connectivity index (χ2v) is 6.01. The molecule has 1 aromatic rings. The summed E-state index contributed by atoms with van der Waals surface area (Å²) in [5.74, 6) is 0.536. The summed E-state index contributed by atoms with van der Waals surface area (Å²) < 4.78 is 0. The average molecular weight is 281 g/mol. The van der Waals surface area contributed by atoms with E-state index in [-0.39, 0.29) is 17.2 Å². The third-order valence-electron chi connectivity index (χ3n) is 2.98. The van der Waals surface area contributed by atoms with Crippen molar-refractivity contribution in [3.63, 3.8) is 0 Å². The van der Waals surface area contributed by atoms with Gasteiger partial charge >= 0.3 is 0 Å². The quantitative estimate of drug-likeness (QED) is 0.507. The first kappa shape index (κ1) is 13.7. The first-order chi connectivity index (χ1) is 8.99. The number of benzene rings is 1. The van der Waals surface area contributed by atoms with Gasteiger partial charge in [-0.3, -0.25) is 14.9 Å². The van der Waals surface area contributed by atoms with Crippen LogP contribution >= 0.6 is 11.8 Å². The molecule has 102 valence electrons. The summed E-state index contributed by atoms with van der Waals surface area (Å²) in [5, 5.41) is 11.3. The van der Waals surface area contributed by atoms with Crippen LogP contribution in [0.3, 0.4) is 0 Å². The Hall–Kier alpha value is -1.76. The van der Waals surface area contributed by atoms with E-state index in [9.17, 15) is 14.9 Å². The fourth-order valence-electron chi connectivity index (χ4n) is 2.06. The Morgan fingerprint density at radius 2 is 2.32 bits per heavy atom. The van der Waals surface area contributed by atoms with Crippen LogP contribution in [0.1, 0.15) is 17.3 Å². The summed E-state index contributed by atoms with van der Waals surface area (Å²) >= 11 is 1.80. The summed E-state index contributed by atoms with van der Waals surface area (Å²) in [5.41, 5.74) is 5.86. The van der Waals surface area contributed by atoms with Crippen LogP contribution in [-0.2, 0) is 0 Å². The van der Waals surface area contributed by atoms with E-state index in [1.54, 1.807) is 16.7 Å². The van der Waals surface area contributed by atoms with Crippen molar-refractivity contribution in [1.82, 2.24) is 4.90 Å². The Morgan fingerprint density at radius 1 is 1.58 bits per heavy atom. The molecule has 0 saturated carbocycles. The number of hydrogen-bond acceptors (Lipinski definition) is 5. The molecule has 1 aliphatic rings. The molecule has 2 N–H and O–H groups in total. The summed E-state index contributed by atoms with van der Waals surface area (Å²) in [6, 6.07) is 4.10. The predicted octanol–water partition coefficient (Wildman–Crippen LogP) is 1.75. The van der Waals surface area contributed by atoms with Gasteiger partial charge in [-0.05, 0) is 12.1 Å². The molecule has 1 aliphatic heterocycles. The Balaban J connectivity index is 2.32. The van der Waals surface area contributed by atoms with Crippen LogP contribution < -0.4 is 5.73 Å². The number of nitrogens with two attached hydrogens (primary N) is 1. The molecule has 1 amide bonds. The number of hydrogen-bond donors (Lipinski definition) is 1. The largest absolute Gasteiger partial charge is 0.399 e. The number of carbonyl (C=O) groups is 1. The van der Waals surface area contributed by atoms with Gasteiger partial charge < -0.3 is 10.6 Å². The first-order valence-electron chi connectivity index (χ1n) is 5.94. The Kier molecular flexibility index (Phi) is 3.94. The Labute approximate surface area is 115 Å². The molecule has 0 spiro atoms. The average Bonchev–Trinajstić information content (AvgIpc) is 2.37. The Morgan fingerprint density at radius 3 is 2.95 bits per heavy atom. The number of nitro benzene ring substituents is 1. The molecule has 7 heteroatoms. The SMILES string of the molecule is CC1CN(C(=O)c2cc(N)ccc2[N+](=O)[O-])CCS1. The highest BCUT2D eigenvalue weighted by molar-refractivity contribution is 7.99. The van der Waals surface area contributed by atoms with E-state index in [0.29, 0.717) is 24.0 Å². The van der Waals surface area contributed by atoms with Gasteiger partial charge in [-0.15, -0.1) is 0 Å². The zero-order valence-electron chi connectivity index (χ0n) is 10.5. The highest BCUT2D eigenvalue weighted by Crippen LogP contribution is 2.25. The smallest absolute Gasteiger partial charge is 0.282 e. The van der Waals surface area contributed by atoms with Gasteiger partial charge in [-0.2, -0.15) is 11.8 Å². The summed E-state index contributed by atoms with van der Waals surface area (Å²) in [6.07, 6.45) is 0. The van der Waals surface area contributed by atoms with Gasteiger partial charge in [0, 0.05) is 35.8 Å². The molecule has 0 aliphatic carbocycles. The molecule has 19 heavy (non-hydrogen) atoms. The van der Waals surface area contributed by atoms with E-state index in [4.69, 9.17) is 5.73 Å². The van der Waals surface area contributed by atoms with Crippen molar-refractivity contribution in [2.24, 2.45) is 0 Å². The Bertz CT molecular complexity index is 521. The normalized spacial score (nSPS) is 19.2. The molecular weight excluding hydrogens is 266 g/mol. The van der Waals surface area contributed by atoms with Crippen molar-refractivity contribution in [3.05, 3.63) is 33.9 Å². The molecule has 0 aromatic heterocycles. The fraction of sp³-hybridized carbons (Fsp3) is 0.417. The lowest BCUT2D eigenvalue weighted by Gasteiger charge is -2.30. The van der Waals surface area contributed by atoms with Crippen LogP contribution in [0.5, 0.6) is 0 Å². The summed E-state index contributed by atoms with van der Waals surface area (Å²) in [4.78, 5) is 24.5. The maximum absolute atomic E-state index is 12.4. The zero-order chi connectivity index (χ0) is 14.0. The van der Waals surface area contributed by atoms with Crippen molar-refractivity contribution in [2.45, 2.75) is 12.2 Å². The van der Waals surface area contributed by atoms with Gasteiger partial charge in [0.1, 0.15) is 5.56 Å². The fourth-order valence-corrected chi connectivity index (χ4v) is 3.07. The van der Waals surface area contributed by atoms with Gasteiger partial charge in [0.25, 0.3) is 11.6 Å². The molecule has 1 aromatic carbocycles. The summed E-state index contributed by atoms with van der Waals surface area (Å²) in [7, 11) is 0. The number of nitrogen functional groups attached to an aromatic ring is 1. The molecule has 1 fully saturated rings. The van der Waals surface area contributed by atoms with Gasteiger partial charge in [0.15, 0.2) is 0 Å². The molecule has 6 nitrogen and oxygen atoms in total. The van der Waals surface area contributed by atoms with E-state index in [1.807, 2.05) is 6.92 Å². The second-order valence-electron chi connectivity index (χ2n) is 4.47. The number of carbonyl (C=O) groups excluding carboxylic acids is 1. The second kappa shape index (κ2) is 5.48. The van der Waals surface area contributed by atoms with Crippen LogP contribution in [0.25, 0.3) is 0 Å². The molecular formula is C12H15N3O3S. The number of rotatable bonds is 2. The zero-order valence-corrected chi connectivity index (χ0v) is 11.4. The third-order valence-corrected chi connectivity index (χ3v) is 4.11. The molecule has 1 unspecified atom stereocenters. The number of nitrogens with zero attached hydrogens (tertiary/aromatic N) is 2. The van der Waals surface area contributed by atoms with Gasteiger partial charge in [-0.25, -0.2) is 0 Å². The minimum atomic E-state index is -0.547. The van der Waals surface area contributed by atoms with Crippen LogP contribution in [0.15, 0.2) is 18.2 Å². The van der Waals surface area contributed by atoms with Gasteiger partial charge in [-0.1, -0.05) is 6.92 Å². The van der Waals surface area contributed by atoms with Crippen molar-refractivity contribution < 1.29 is 9.72 Å². The maximum atomic E-state index is 12.4. The lowest BCUT2D eigenvalue weighted by Crippen LogP contribution is -2.41. The molecule has 0 radical (unpaired) electrons. The van der Waals surface area contributed by atoms with E-state index < -0.39 is 4.92 Å². The van der Waals surface area contributed by atoms with E-state index >= 15 is 0 Å². The maximum Gasteiger partial charge on any atom is 0.282 e. The van der Waals surface area contributed by atoms with Gasteiger partial charge in [0.2, 0.25) is 0 Å². The number of nitro groups is 1. The minimum Gasteiger partial charge on any atom is -0.399 e. The highest BCUT2D eigenvalue weighted by Gasteiger charge is 2.27. The van der Waals surface area contributed by atoms with E-state index in [0.717, 1.165) is 5.75 Å². The standard InChI is InChI=1S/C12H15N3O3S/c1-8-7-14(4-5-19-8)12(16)10-6-9(13)2-3-11(10)15(17)18/h2-3,6,8H,4-5,7,13H2,1H3. The molecule has 2 rings (SSSR count). The molecule has 1 saturated heterocycles. The molecule has 1 atom stereocenters. The minimum absolute atomic E-state index is 0.0732. The van der Waals surface area contributed by atoms with Crippen molar-refractivity contribution in [2.75, 3.05) is 24.6 Å². The monoisotopic (exact) mass is 281 g/mol. The van der Waals surface area contributed by atoms with Crippen molar-refractivity contribution >= 4 is 29.0 Å².